The monoisotopic (exact) mass is 80.0 g/mol. The predicted molar refractivity (Wildman–Crippen MR) is 20.0 cm³/mol. The molecule has 0 bridgehead atoms. The molecule has 0 rings (SSSR count). The normalized spacial score (nSPS) is 15.2. The molecular formula is C2H6OS. The molecule has 26 valence electrons. The summed E-state index contributed by atoms with van der Waals surface area (Å²) in [6.07, 6.45) is -0.271. The molecule has 0 unspecified atom stereocenters. The lowest BCUT2D eigenvalue weighted by Crippen LogP contribution is -1.70. The van der Waals surface area contributed by atoms with E-state index < -0.39 is 10.8 Å². The Hall–Kier alpha value is 0.150. The maximum absolute atomic E-state index is 9.92. The minimum atomic E-state index is -1.20. The van der Waals surface area contributed by atoms with Gasteiger partial charge in [-0.25, -0.2) is 0 Å². The van der Waals surface area contributed by atoms with E-state index in [1.807, 2.05) is 0 Å². The maximum atomic E-state index is 9.92. The zero-order valence-electron chi connectivity index (χ0n) is 4.23. The van der Waals surface area contributed by atoms with Gasteiger partial charge in [0.2, 0.25) is 0 Å². The summed E-state index contributed by atoms with van der Waals surface area (Å²) in [5.41, 5.74) is 0. The van der Waals surface area contributed by atoms with Gasteiger partial charge >= 0.3 is 0 Å². The first-order valence-corrected chi connectivity index (χ1v) is 2.23. The largest absolute Gasteiger partial charge is 0.260 e. The fourth-order valence-electron chi connectivity index (χ4n) is 0. The van der Waals surface area contributed by atoms with E-state index in [9.17, 15) is 4.21 Å². The highest BCUT2D eigenvalue weighted by atomic mass is 32.2. The van der Waals surface area contributed by atoms with Gasteiger partial charge in [0.05, 0.1) is 0 Å². The van der Waals surface area contributed by atoms with Crippen LogP contribution in [0.2, 0.25) is 0 Å². The molecule has 0 aliphatic rings. The molecule has 0 N–H and O–H groups in total. The van der Waals surface area contributed by atoms with Crippen molar-refractivity contribution in [2.24, 2.45) is 0 Å². The highest BCUT2D eigenvalue weighted by Gasteiger charge is 1.57. The summed E-state index contributed by atoms with van der Waals surface area (Å²) in [6, 6.07) is 0. The van der Waals surface area contributed by atoms with Crippen LogP contribution in [0, 0.1) is 0 Å². The van der Waals surface area contributed by atoms with Gasteiger partial charge in [0.1, 0.15) is 0 Å². The Morgan fingerprint density at radius 2 is 2.50 bits per heavy atom. The summed E-state index contributed by atoms with van der Waals surface area (Å²) in [7, 11) is -1.20. The van der Waals surface area contributed by atoms with Gasteiger partial charge in [-0.05, 0) is 0 Å². The molecule has 1 nitrogen and oxygen atoms in total. The third-order valence-electron chi connectivity index (χ3n) is 0. The molecule has 0 aromatic carbocycles. The van der Waals surface area contributed by atoms with E-state index in [-0.39, 0.29) is 12.5 Å². The first-order chi connectivity index (χ1) is 2.81. The SMILES string of the molecule is [2H]CS(=O)C[2H]. The van der Waals surface area contributed by atoms with Crippen LogP contribution >= 0.6 is 0 Å². The minimum Gasteiger partial charge on any atom is -0.260 e. The van der Waals surface area contributed by atoms with E-state index >= 15 is 0 Å². The molecular weight excluding hydrogens is 72.1 g/mol. The Morgan fingerprint density at radius 3 is 2.50 bits per heavy atom. The van der Waals surface area contributed by atoms with Crippen LogP contribution in [-0.4, -0.2) is 16.7 Å². The van der Waals surface area contributed by atoms with Gasteiger partial charge in [0.15, 0.2) is 0 Å². The van der Waals surface area contributed by atoms with Crippen molar-refractivity contribution >= 4 is 10.8 Å². The van der Waals surface area contributed by atoms with Crippen molar-refractivity contribution in [1.82, 2.24) is 0 Å². The van der Waals surface area contributed by atoms with Crippen molar-refractivity contribution < 1.29 is 6.95 Å². The van der Waals surface area contributed by atoms with E-state index in [1.165, 1.54) is 0 Å². The second-order valence-corrected chi connectivity index (χ2v) is 1.32. The van der Waals surface area contributed by atoms with Gasteiger partial charge in [-0.15, -0.1) is 0 Å². The summed E-state index contributed by atoms with van der Waals surface area (Å²) >= 11 is 0. The molecule has 0 aliphatic carbocycles. The fourth-order valence-corrected chi connectivity index (χ4v) is 0. The van der Waals surface area contributed by atoms with E-state index in [2.05, 4.69) is 0 Å². The van der Waals surface area contributed by atoms with Gasteiger partial charge in [-0.2, -0.15) is 0 Å². The lowest BCUT2D eigenvalue weighted by molar-refractivity contribution is 0.690. The van der Waals surface area contributed by atoms with Crippen LogP contribution in [0.4, 0.5) is 0 Å². The molecule has 2 heteroatoms. The molecule has 0 aromatic heterocycles. The second kappa shape index (κ2) is 1.47. The van der Waals surface area contributed by atoms with Crippen LogP contribution in [0.25, 0.3) is 0 Å². The molecule has 0 aromatic rings. The first kappa shape index (κ1) is 1.55. The second-order valence-electron chi connectivity index (χ2n) is 0.440. The molecule has 0 radical (unpaired) electrons. The number of hydrogen-bond acceptors (Lipinski definition) is 1. The van der Waals surface area contributed by atoms with E-state index in [0.29, 0.717) is 0 Å². The molecule has 0 spiro atoms. The van der Waals surface area contributed by atoms with Crippen LogP contribution in [-0.2, 0) is 10.8 Å². The zero-order chi connectivity index (χ0) is 4.99. The Bertz CT molecular complexity index is 49.5. The lowest BCUT2D eigenvalue weighted by atomic mass is 11.9. The lowest BCUT2D eigenvalue weighted by Gasteiger charge is -1.60. The van der Waals surface area contributed by atoms with Crippen molar-refractivity contribution in [3.8, 4) is 0 Å². The molecule has 0 amide bonds. The van der Waals surface area contributed by atoms with Crippen LogP contribution in [0.1, 0.15) is 2.74 Å². The van der Waals surface area contributed by atoms with E-state index in [1.54, 1.807) is 0 Å². The molecule has 4 heavy (non-hydrogen) atoms. The molecule has 0 saturated heterocycles. The molecule has 0 atom stereocenters. The number of hydrogen-bond donors (Lipinski definition) is 0. The topological polar surface area (TPSA) is 17.1 Å². The smallest absolute Gasteiger partial charge is 0.0370 e. The van der Waals surface area contributed by atoms with Crippen molar-refractivity contribution in [3.05, 3.63) is 0 Å². The van der Waals surface area contributed by atoms with Gasteiger partial charge in [-0.3, -0.25) is 4.21 Å². The van der Waals surface area contributed by atoms with Crippen LogP contribution in [0.5, 0.6) is 0 Å². The Balaban J connectivity index is 2.99. The van der Waals surface area contributed by atoms with Crippen molar-refractivity contribution in [2.45, 2.75) is 0 Å². The predicted octanol–water partition coefficient (Wildman–Crippen LogP) is -0.00530. The molecule has 0 saturated carbocycles. The van der Waals surface area contributed by atoms with Crippen molar-refractivity contribution in [3.63, 3.8) is 0 Å². The van der Waals surface area contributed by atoms with E-state index in [4.69, 9.17) is 2.74 Å². The average molecular weight is 80.1 g/mol. The Labute approximate surface area is 31.3 Å². The standard InChI is InChI=1S/C2H6OS/c1-4(2)3/h1-2H3/i1D,2D. The summed E-state index contributed by atoms with van der Waals surface area (Å²) in [5.74, 6) is 0. The average Bonchev–Trinajstić information content (AvgIpc) is 1.65. The number of rotatable bonds is 0. The van der Waals surface area contributed by atoms with Crippen molar-refractivity contribution in [2.75, 3.05) is 12.5 Å². The Morgan fingerprint density at radius 1 is 2.00 bits per heavy atom. The summed E-state index contributed by atoms with van der Waals surface area (Å²) < 4.78 is 22.7. The van der Waals surface area contributed by atoms with Gasteiger partial charge in [0.25, 0.3) is 0 Å². The van der Waals surface area contributed by atoms with Crippen LogP contribution in [0.15, 0.2) is 0 Å². The minimum absolute atomic E-state index is 0.135. The quantitative estimate of drug-likeness (QED) is 0.400. The van der Waals surface area contributed by atoms with Gasteiger partial charge in [-0.1, -0.05) is 0 Å². The fraction of sp³-hybridized carbons (Fsp3) is 1.00. The van der Waals surface area contributed by atoms with Crippen LogP contribution < -0.4 is 0 Å². The first-order valence-electron chi connectivity index (χ1n) is 2.16. The molecule has 0 fully saturated rings. The third kappa shape index (κ3) is 126. The molecule has 0 aliphatic heterocycles. The summed E-state index contributed by atoms with van der Waals surface area (Å²) in [5, 5.41) is 0. The Kier molecular flexibility index (Phi) is 0.570. The summed E-state index contributed by atoms with van der Waals surface area (Å²) in [6.45, 7) is 0. The highest BCUT2D eigenvalue weighted by Crippen LogP contribution is 1.47. The molecule has 0 heterocycles. The van der Waals surface area contributed by atoms with E-state index in [0.717, 1.165) is 0 Å². The zero-order valence-corrected chi connectivity index (χ0v) is 3.05. The third-order valence-corrected chi connectivity index (χ3v) is 0. The van der Waals surface area contributed by atoms with Crippen molar-refractivity contribution in [1.29, 1.82) is 0 Å². The van der Waals surface area contributed by atoms with Crippen LogP contribution in [0.3, 0.4) is 0 Å². The highest BCUT2D eigenvalue weighted by molar-refractivity contribution is 7.83. The van der Waals surface area contributed by atoms with Gasteiger partial charge < -0.3 is 0 Å². The summed E-state index contributed by atoms with van der Waals surface area (Å²) in [4.78, 5) is 0. The van der Waals surface area contributed by atoms with Gasteiger partial charge in [0, 0.05) is 26.0 Å². The maximum Gasteiger partial charge on any atom is 0.0370 e.